The molecule has 1 aromatic heterocycles. The molecule has 3 nitrogen and oxygen atoms in total. The Bertz CT molecular complexity index is 315. The minimum absolute atomic E-state index is 0.00814. The highest BCUT2D eigenvalue weighted by atomic mass is 127. The van der Waals surface area contributed by atoms with Crippen LogP contribution in [0.4, 0.5) is 5.82 Å². The van der Waals surface area contributed by atoms with Gasteiger partial charge in [-0.1, -0.05) is 0 Å². The second-order valence-corrected chi connectivity index (χ2v) is 5.15. The number of nitrogens with one attached hydrogen (secondary N) is 1. The predicted octanol–water partition coefficient (Wildman–Crippen LogP) is 2.38. The topological polar surface area (TPSA) is 42.0 Å². The quantitative estimate of drug-likeness (QED) is 0.869. The number of hydrogen-bond donors (Lipinski definition) is 1. The summed E-state index contributed by atoms with van der Waals surface area (Å²) in [6.45, 7) is 1.87. The molecule has 0 unspecified atom stereocenters. The van der Waals surface area contributed by atoms with Gasteiger partial charge in [-0.3, -0.25) is 4.79 Å². The van der Waals surface area contributed by atoms with Crippen LogP contribution in [-0.2, 0) is 4.79 Å². The van der Waals surface area contributed by atoms with Gasteiger partial charge in [-0.05, 0) is 47.9 Å². The Morgan fingerprint density at radius 1 is 1.64 bits per heavy atom. The first-order valence-corrected chi connectivity index (χ1v) is 6.45. The fourth-order valence-electron chi connectivity index (χ4n) is 0.785. The Balaban J connectivity index is 2.60. The Morgan fingerprint density at radius 3 is 2.86 bits per heavy atom. The van der Waals surface area contributed by atoms with Crippen molar-refractivity contribution in [1.82, 2.24) is 4.98 Å². The Hall–Kier alpha value is -0.300. The smallest absolute Gasteiger partial charge is 0.238 e. The van der Waals surface area contributed by atoms with E-state index < -0.39 is 0 Å². The maximum atomic E-state index is 11.5. The molecule has 0 aliphatic rings. The van der Waals surface area contributed by atoms with Crippen molar-refractivity contribution in [3.63, 3.8) is 0 Å². The summed E-state index contributed by atoms with van der Waals surface area (Å²) in [5, 5.41) is 2.70. The molecule has 14 heavy (non-hydrogen) atoms. The fraction of sp³-hybridized carbons (Fsp3) is 0.333. The molecule has 5 heteroatoms. The first-order chi connectivity index (χ1) is 6.63. The zero-order chi connectivity index (χ0) is 10.6. The highest BCUT2D eigenvalue weighted by Crippen LogP contribution is 2.10. The number of aromatic nitrogens is 1. The van der Waals surface area contributed by atoms with Crippen molar-refractivity contribution in [3.8, 4) is 0 Å². The van der Waals surface area contributed by atoms with Crippen molar-refractivity contribution in [2.75, 3.05) is 11.6 Å². The lowest BCUT2D eigenvalue weighted by molar-refractivity contribution is -0.115. The minimum atomic E-state index is -0.0453. The maximum Gasteiger partial charge on any atom is 0.238 e. The van der Waals surface area contributed by atoms with E-state index in [0.717, 1.165) is 3.57 Å². The van der Waals surface area contributed by atoms with Crippen molar-refractivity contribution in [1.29, 1.82) is 0 Å². The molecule has 0 aromatic carbocycles. The second-order valence-electron chi connectivity index (χ2n) is 2.73. The van der Waals surface area contributed by atoms with Gasteiger partial charge in [0.2, 0.25) is 5.91 Å². The van der Waals surface area contributed by atoms with Crippen LogP contribution < -0.4 is 5.32 Å². The number of carbonyl (C=O) groups is 1. The number of hydrogen-bond acceptors (Lipinski definition) is 3. The van der Waals surface area contributed by atoms with Gasteiger partial charge >= 0.3 is 0 Å². The van der Waals surface area contributed by atoms with E-state index in [0.29, 0.717) is 5.82 Å². The third-order valence-corrected chi connectivity index (χ3v) is 3.26. The summed E-state index contributed by atoms with van der Waals surface area (Å²) in [6, 6.07) is 3.71. The Kier molecular flexibility index (Phi) is 4.67. The van der Waals surface area contributed by atoms with E-state index in [1.54, 1.807) is 12.3 Å². The van der Waals surface area contributed by atoms with Gasteiger partial charge in [-0.15, -0.1) is 0 Å². The standard InChI is InChI=1S/C9H11IN2OS/c1-6(14-2)9(13)12-8-4-3-7(10)5-11-8/h3-6H,1-2H3,(H,11,12,13)/t6-/m1/s1. The molecule has 0 fully saturated rings. The van der Waals surface area contributed by atoms with Gasteiger partial charge in [-0.2, -0.15) is 11.8 Å². The average molecular weight is 322 g/mol. The molecule has 0 radical (unpaired) electrons. The fourth-order valence-corrected chi connectivity index (χ4v) is 1.38. The molecule has 1 rings (SSSR count). The van der Waals surface area contributed by atoms with Crippen LogP contribution in [0, 0.1) is 3.57 Å². The molecular weight excluding hydrogens is 311 g/mol. The van der Waals surface area contributed by atoms with Crippen molar-refractivity contribution in [2.24, 2.45) is 0 Å². The molecule has 1 amide bonds. The summed E-state index contributed by atoms with van der Waals surface area (Å²) in [4.78, 5) is 15.5. The maximum absolute atomic E-state index is 11.5. The molecule has 0 aliphatic carbocycles. The summed E-state index contributed by atoms with van der Waals surface area (Å²) in [5.74, 6) is 0.600. The molecule has 1 N–H and O–H groups in total. The van der Waals surface area contributed by atoms with Gasteiger partial charge in [0.15, 0.2) is 0 Å². The lowest BCUT2D eigenvalue weighted by Gasteiger charge is -2.08. The molecule has 1 atom stereocenters. The van der Waals surface area contributed by atoms with Gasteiger partial charge in [0.25, 0.3) is 0 Å². The van der Waals surface area contributed by atoms with Crippen molar-refractivity contribution >= 4 is 46.1 Å². The highest BCUT2D eigenvalue weighted by molar-refractivity contribution is 14.1. The number of pyridine rings is 1. The van der Waals surface area contributed by atoms with Crippen LogP contribution in [0.15, 0.2) is 18.3 Å². The first-order valence-electron chi connectivity index (χ1n) is 4.08. The second kappa shape index (κ2) is 5.55. The number of rotatable bonds is 3. The number of thioether (sulfide) groups is 1. The van der Waals surface area contributed by atoms with E-state index in [2.05, 4.69) is 32.9 Å². The SMILES string of the molecule is CS[C@H](C)C(=O)Nc1ccc(I)cn1. The lowest BCUT2D eigenvalue weighted by atomic mass is 10.4. The van der Waals surface area contributed by atoms with E-state index in [9.17, 15) is 4.79 Å². The third kappa shape index (κ3) is 3.45. The monoisotopic (exact) mass is 322 g/mol. The molecule has 0 aliphatic heterocycles. The molecule has 0 bridgehead atoms. The van der Waals surface area contributed by atoms with Crippen LogP contribution in [-0.4, -0.2) is 22.4 Å². The van der Waals surface area contributed by atoms with E-state index in [1.807, 2.05) is 19.2 Å². The third-order valence-electron chi connectivity index (χ3n) is 1.70. The zero-order valence-electron chi connectivity index (χ0n) is 7.95. The first kappa shape index (κ1) is 11.8. The summed E-state index contributed by atoms with van der Waals surface area (Å²) in [7, 11) is 0. The number of halogens is 1. The number of carbonyl (C=O) groups excluding carboxylic acids is 1. The van der Waals surface area contributed by atoms with Gasteiger partial charge < -0.3 is 5.32 Å². The number of nitrogens with zero attached hydrogens (tertiary/aromatic N) is 1. The van der Waals surface area contributed by atoms with Gasteiger partial charge in [-0.25, -0.2) is 4.98 Å². The van der Waals surface area contributed by atoms with Crippen molar-refractivity contribution in [2.45, 2.75) is 12.2 Å². The molecule has 1 aromatic rings. The summed E-state index contributed by atoms with van der Waals surface area (Å²) >= 11 is 3.69. The number of amides is 1. The molecule has 1 heterocycles. The van der Waals surface area contributed by atoms with Crippen LogP contribution in [0.1, 0.15) is 6.92 Å². The minimum Gasteiger partial charge on any atom is -0.310 e. The summed E-state index contributed by atoms with van der Waals surface area (Å²) in [6.07, 6.45) is 3.63. The van der Waals surface area contributed by atoms with Crippen LogP contribution >= 0.6 is 34.4 Å². The van der Waals surface area contributed by atoms with Crippen LogP contribution in [0.3, 0.4) is 0 Å². The molecule has 76 valence electrons. The van der Waals surface area contributed by atoms with E-state index in [-0.39, 0.29) is 11.2 Å². The van der Waals surface area contributed by atoms with Crippen LogP contribution in [0.2, 0.25) is 0 Å². The molecule has 0 spiro atoms. The van der Waals surface area contributed by atoms with Crippen molar-refractivity contribution in [3.05, 3.63) is 21.9 Å². The van der Waals surface area contributed by atoms with Crippen LogP contribution in [0.5, 0.6) is 0 Å². The van der Waals surface area contributed by atoms with E-state index in [1.165, 1.54) is 11.8 Å². The average Bonchev–Trinajstić information content (AvgIpc) is 2.20. The molecule has 0 saturated heterocycles. The van der Waals surface area contributed by atoms with Gasteiger partial charge in [0.05, 0.1) is 5.25 Å². The van der Waals surface area contributed by atoms with Gasteiger partial charge in [0, 0.05) is 9.77 Å². The summed E-state index contributed by atoms with van der Waals surface area (Å²) in [5.41, 5.74) is 0. The van der Waals surface area contributed by atoms with Gasteiger partial charge in [0.1, 0.15) is 5.82 Å². The number of anilines is 1. The Labute approximate surface area is 101 Å². The lowest BCUT2D eigenvalue weighted by Crippen LogP contribution is -2.22. The highest BCUT2D eigenvalue weighted by Gasteiger charge is 2.11. The molecule has 0 saturated carbocycles. The normalized spacial score (nSPS) is 12.2. The van der Waals surface area contributed by atoms with Crippen molar-refractivity contribution < 1.29 is 4.79 Å². The predicted molar refractivity (Wildman–Crippen MR) is 68.6 cm³/mol. The van der Waals surface area contributed by atoms with Crippen LogP contribution in [0.25, 0.3) is 0 Å². The summed E-state index contributed by atoms with van der Waals surface area (Å²) < 4.78 is 1.05. The zero-order valence-corrected chi connectivity index (χ0v) is 10.9. The Morgan fingerprint density at radius 2 is 2.36 bits per heavy atom. The molecular formula is C9H11IN2OS. The van der Waals surface area contributed by atoms with E-state index in [4.69, 9.17) is 0 Å². The van der Waals surface area contributed by atoms with E-state index >= 15 is 0 Å². The largest absolute Gasteiger partial charge is 0.310 e.